The summed E-state index contributed by atoms with van der Waals surface area (Å²) in [5.74, 6) is 0. The summed E-state index contributed by atoms with van der Waals surface area (Å²) < 4.78 is 0. The number of nitrogens with zero attached hydrogens (tertiary/aromatic N) is 3. The molecule has 2 N–H and O–H groups in total. The van der Waals surface area contributed by atoms with Gasteiger partial charge in [0.1, 0.15) is 0 Å². The molecule has 0 saturated heterocycles. The molecule has 0 saturated carbocycles. The summed E-state index contributed by atoms with van der Waals surface area (Å²) in [6.45, 7) is 12.8. The number of hydrogen-bond acceptors (Lipinski definition) is 4. The van der Waals surface area contributed by atoms with E-state index in [4.69, 9.17) is 5.73 Å². The van der Waals surface area contributed by atoms with Gasteiger partial charge in [0.05, 0.1) is 0 Å². The van der Waals surface area contributed by atoms with Gasteiger partial charge >= 0.3 is 0 Å². The van der Waals surface area contributed by atoms with Crippen LogP contribution in [0.5, 0.6) is 0 Å². The first kappa shape index (κ1) is 17.1. The highest BCUT2D eigenvalue weighted by atomic mass is 15.2. The van der Waals surface area contributed by atoms with Crippen LogP contribution in [0.3, 0.4) is 0 Å². The first-order valence-electron chi connectivity index (χ1n) is 7.83. The Kier molecular flexibility index (Phi) is 8.42. The molecule has 0 bridgehead atoms. The molecule has 1 atom stereocenters. The Labute approximate surface area is 124 Å². The van der Waals surface area contributed by atoms with Crippen molar-refractivity contribution in [3.8, 4) is 0 Å². The molecule has 0 aliphatic rings. The molecule has 1 heterocycles. The number of likely N-dealkylation sites (N-methyl/N-ethyl adjacent to an activating group) is 1. The van der Waals surface area contributed by atoms with Gasteiger partial charge in [0, 0.05) is 31.5 Å². The van der Waals surface area contributed by atoms with Gasteiger partial charge in [-0.05, 0) is 44.2 Å². The van der Waals surface area contributed by atoms with Gasteiger partial charge < -0.3 is 10.6 Å². The Hall–Kier alpha value is -0.970. The van der Waals surface area contributed by atoms with E-state index in [0.29, 0.717) is 6.54 Å². The highest BCUT2D eigenvalue weighted by Crippen LogP contribution is 2.18. The molecule has 20 heavy (non-hydrogen) atoms. The average molecular weight is 278 g/mol. The number of pyridine rings is 1. The second-order valence-corrected chi connectivity index (χ2v) is 5.05. The molecule has 4 nitrogen and oxygen atoms in total. The van der Waals surface area contributed by atoms with Crippen LogP contribution in [-0.4, -0.2) is 54.1 Å². The first-order valence-corrected chi connectivity index (χ1v) is 7.83. The van der Waals surface area contributed by atoms with E-state index in [-0.39, 0.29) is 6.04 Å². The molecule has 0 aromatic carbocycles. The highest BCUT2D eigenvalue weighted by Gasteiger charge is 2.17. The Morgan fingerprint density at radius 2 is 1.90 bits per heavy atom. The van der Waals surface area contributed by atoms with Crippen molar-refractivity contribution in [1.29, 1.82) is 0 Å². The standard InChI is InChI=1S/C16H30N4/c1-4-19(5-2)11-8-12-20(6-3)16(13-17)15-9-7-10-18-14-15/h7,9-10,14,16H,4-6,8,11-13,17H2,1-3H3. The Morgan fingerprint density at radius 1 is 1.15 bits per heavy atom. The lowest BCUT2D eigenvalue weighted by Crippen LogP contribution is -2.36. The average Bonchev–Trinajstić information content (AvgIpc) is 2.51. The van der Waals surface area contributed by atoms with Gasteiger partial charge in [-0.2, -0.15) is 0 Å². The molecule has 0 amide bonds. The predicted molar refractivity (Wildman–Crippen MR) is 85.7 cm³/mol. The van der Waals surface area contributed by atoms with Gasteiger partial charge in [0.2, 0.25) is 0 Å². The van der Waals surface area contributed by atoms with Crippen LogP contribution in [0.15, 0.2) is 24.5 Å². The van der Waals surface area contributed by atoms with Gasteiger partial charge in [0.15, 0.2) is 0 Å². The third-order valence-corrected chi connectivity index (χ3v) is 3.95. The molecule has 1 aromatic rings. The first-order chi connectivity index (χ1) is 9.76. The van der Waals surface area contributed by atoms with Crippen molar-refractivity contribution >= 4 is 0 Å². The number of aromatic nitrogens is 1. The summed E-state index contributed by atoms with van der Waals surface area (Å²) in [6, 6.07) is 4.39. The van der Waals surface area contributed by atoms with Crippen LogP contribution in [0.1, 0.15) is 38.8 Å². The van der Waals surface area contributed by atoms with Crippen LogP contribution in [0.4, 0.5) is 0 Å². The fourth-order valence-electron chi connectivity index (χ4n) is 2.64. The van der Waals surface area contributed by atoms with Crippen molar-refractivity contribution in [3.05, 3.63) is 30.1 Å². The van der Waals surface area contributed by atoms with E-state index in [9.17, 15) is 0 Å². The van der Waals surface area contributed by atoms with Crippen molar-refractivity contribution in [2.24, 2.45) is 5.73 Å². The predicted octanol–water partition coefficient (Wildman–Crippen LogP) is 2.14. The van der Waals surface area contributed by atoms with Gasteiger partial charge in [-0.15, -0.1) is 0 Å². The summed E-state index contributed by atoms with van der Waals surface area (Å²) in [6.07, 6.45) is 4.94. The fourth-order valence-corrected chi connectivity index (χ4v) is 2.64. The van der Waals surface area contributed by atoms with Gasteiger partial charge in [-0.25, -0.2) is 0 Å². The van der Waals surface area contributed by atoms with Crippen molar-refractivity contribution in [2.45, 2.75) is 33.2 Å². The summed E-state index contributed by atoms with van der Waals surface area (Å²) in [5, 5.41) is 0. The molecule has 4 heteroatoms. The Bertz CT molecular complexity index is 338. The summed E-state index contributed by atoms with van der Waals surface area (Å²) in [7, 11) is 0. The Balaban J connectivity index is 2.55. The largest absolute Gasteiger partial charge is 0.329 e. The molecule has 0 radical (unpaired) electrons. The third kappa shape index (κ3) is 5.19. The van der Waals surface area contributed by atoms with E-state index in [1.807, 2.05) is 18.5 Å². The SMILES string of the molecule is CCN(CC)CCCN(CC)C(CN)c1cccnc1. The lowest BCUT2D eigenvalue weighted by molar-refractivity contribution is 0.193. The van der Waals surface area contributed by atoms with E-state index >= 15 is 0 Å². The second-order valence-electron chi connectivity index (χ2n) is 5.05. The zero-order valence-electron chi connectivity index (χ0n) is 13.3. The molecular formula is C16H30N4. The zero-order valence-corrected chi connectivity index (χ0v) is 13.3. The minimum Gasteiger partial charge on any atom is -0.329 e. The topological polar surface area (TPSA) is 45.4 Å². The lowest BCUT2D eigenvalue weighted by atomic mass is 10.1. The lowest BCUT2D eigenvalue weighted by Gasteiger charge is -2.30. The fraction of sp³-hybridized carbons (Fsp3) is 0.688. The second kappa shape index (κ2) is 9.86. The third-order valence-electron chi connectivity index (χ3n) is 3.95. The molecule has 1 unspecified atom stereocenters. The van der Waals surface area contributed by atoms with Crippen LogP contribution < -0.4 is 5.73 Å². The smallest absolute Gasteiger partial charge is 0.0485 e. The Morgan fingerprint density at radius 3 is 2.40 bits per heavy atom. The van der Waals surface area contributed by atoms with E-state index < -0.39 is 0 Å². The normalized spacial score (nSPS) is 13.1. The maximum absolute atomic E-state index is 5.99. The zero-order chi connectivity index (χ0) is 14.8. The van der Waals surface area contributed by atoms with E-state index in [1.165, 1.54) is 12.0 Å². The quantitative estimate of drug-likeness (QED) is 0.712. The molecule has 114 valence electrons. The van der Waals surface area contributed by atoms with Crippen molar-refractivity contribution in [1.82, 2.24) is 14.8 Å². The van der Waals surface area contributed by atoms with E-state index in [0.717, 1.165) is 32.7 Å². The minimum absolute atomic E-state index is 0.283. The maximum atomic E-state index is 5.99. The van der Waals surface area contributed by atoms with Crippen molar-refractivity contribution < 1.29 is 0 Å². The summed E-state index contributed by atoms with van der Waals surface area (Å²) in [4.78, 5) is 9.14. The van der Waals surface area contributed by atoms with Crippen LogP contribution in [-0.2, 0) is 0 Å². The molecule has 0 aliphatic heterocycles. The number of rotatable bonds is 10. The minimum atomic E-state index is 0.283. The van der Waals surface area contributed by atoms with Gasteiger partial charge in [0.25, 0.3) is 0 Å². The van der Waals surface area contributed by atoms with E-state index in [2.05, 4.69) is 41.6 Å². The molecule has 0 aliphatic carbocycles. The van der Waals surface area contributed by atoms with Crippen molar-refractivity contribution in [3.63, 3.8) is 0 Å². The van der Waals surface area contributed by atoms with E-state index in [1.54, 1.807) is 0 Å². The number of nitrogens with two attached hydrogens (primary N) is 1. The maximum Gasteiger partial charge on any atom is 0.0485 e. The van der Waals surface area contributed by atoms with Crippen molar-refractivity contribution in [2.75, 3.05) is 39.3 Å². The van der Waals surface area contributed by atoms with Crippen LogP contribution in [0.25, 0.3) is 0 Å². The molecule has 1 aromatic heterocycles. The summed E-state index contributed by atoms with van der Waals surface area (Å²) in [5.41, 5.74) is 7.21. The highest BCUT2D eigenvalue weighted by molar-refractivity contribution is 5.14. The van der Waals surface area contributed by atoms with Crippen LogP contribution in [0.2, 0.25) is 0 Å². The monoisotopic (exact) mass is 278 g/mol. The molecular weight excluding hydrogens is 248 g/mol. The summed E-state index contributed by atoms with van der Waals surface area (Å²) >= 11 is 0. The van der Waals surface area contributed by atoms with Gasteiger partial charge in [-0.3, -0.25) is 9.88 Å². The van der Waals surface area contributed by atoms with Crippen LogP contribution >= 0.6 is 0 Å². The van der Waals surface area contributed by atoms with Crippen LogP contribution in [0, 0.1) is 0 Å². The molecule has 1 rings (SSSR count). The molecule has 0 spiro atoms. The number of hydrogen-bond donors (Lipinski definition) is 1. The molecule has 0 fully saturated rings. The van der Waals surface area contributed by atoms with Gasteiger partial charge in [-0.1, -0.05) is 26.8 Å².